The second-order valence-corrected chi connectivity index (χ2v) is 8.64. The Morgan fingerprint density at radius 3 is 2.33 bits per heavy atom. The monoisotopic (exact) mass is 432 g/mol. The van der Waals surface area contributed by atoms with Crippen LogP contribution in [0.3, 0.4) is 0 Å². The Balaban J connectivity index is 1.77. The van der Waals surface area contributed by atoms with Gasteiger partial charge in [0.15, 0.2) is 0 Å². The molecule has 0 unspecified atom stereocenters. The number of nitro benzene ring substituents is 1. The third kappa shape index (κ3) is 4.63. The van der Waals surface area contributed by atoms with Crippen molar-refractivity contribution in [2.24, 2.45) is 0 Å². The molecule has 2 amide bonds. The molecule has 0 atom stereocenters. The number of nitrogens with one attached hydrogen (secondary N) is 1. The first-order valence-corrected chi connectivity index (χ1v) is 10.5. The number of rotatable bonds is 5. The van der Waals surface area contributed by atoms with Crippen molar-refractivity contribution < 1.29 is 22.9 Å². The number of hydrogen-bond acceptors (Lipinski definition) is 6. The lowest BCUT2D eigenvalue weighted by Gasteiger charge is -2.33. The third-order valence-electron chi connectivity index (χ3n) is 4.73. The number of benzene rings is 2. The van der Waals surface area contributed by atoms with Crippen LogP contribution in [0, 0.1) is 10.1 Å². The second-order valence-electron chi connectivity index (χ2n) is 6.70. The highest BCUT2D eigenvalue weighted by Gasteiger charge is 2.29. The van der Waals surface area contributed by atoms with Crippen LogP contribution in [0.5, 0.6) is 0 Å². The van der Waals surface area contributed by atoms with Gasteiger partial charge in [0.2, 0.25) is 15.9 Å². The van der Waals surface area contributed by atoms with Crippen LogP contribution in [0.2, 0.25) is 0 Å². The van der Waals surface area contributed by atoms with E-state index in [4.69, 9.17) is 0 Å². The van der Waals surface area contributed by atoms with Crippen molar-refractivity contribution in [3.63, 3.8) is 0 Å². The van der Waals surface area contributed by atoms with Gasteiger partial charge in [0, 0.05) is 56.5 Å². The Bertz CT molecular complexity index is 1090. The normalized spacial score (nSPS) is 14.9. The Hall–Kier alpha value is -3.31. The van der Waals surface area contributed by atoms with E-state index in [1.165, 1.54) is 59.8 Å². The van der Waals surface area contributed by atoms with Crippen LogP contribution in [0.25, 0.3) is 0 Å². The highest BCUT2D eigenvalue weighted by atomic mass is 32.2. The quantitative estimate of drug-likeness (QED) is 0.565. The standard InChI is InChI=1S/C19H20N4O6S/c1-14(24)21-8-10-22(11-9-21)30(28,29)18-7-2-4-15(12-18)19(25)20-16-5-3-6-17(13-16)23(26)27/h2-7,12-13H,8-11H2,1H3,(H,20,25). The molecular weight excluding hydrogens is 412 g/mol. The number of nitro groups is 1. The molecule has 0 aromatic heterocycles. The fourth-order valence-electron chi connectivity index (χ4n) is 3.09. The molecule has 0 radical (unpaired) electrons. The molecule has 0 aliphatic carbocycles. The Kier molecular flexibility index (Phi) is 6.13. The number of nitrogens with zero attached hydrogens (tertiary/aromatic N) is 3. The summed E-state index contributed by atoms with van der Waals surface area (Å²) in [7, 11) is -3.83. The Morgan fingerprint density at radius 1 is 1.03 bits per heavy atom. The summed E-state index contributed by atoms with van der Waals surface area (Å²) in [5.41, 5.74) is 0.154. The maximum absolute atomic E-state index is 12.9. The lowest BCUT2D eigenvalue weighted by atomic mass is 10.2. The molecule has 158 valence electrons. The van der Waals surface area contributed by atoms with E-state index in [-0.39, 0.29) is 40.8 Å². The van der Waals surface area contributed by atoms with Crippen LogP contribution in [-0.2, 0) is 14.8 Å². The van der Waals surface area contributed by atoms with E-state index in [0.29, 0.717) is 13.1 Å². The van der Waals surface area contributed by atoms with Gasteiger partial charge in [-0.3, -0.25) is 19.7 Å². The summed E-state index contributed by atoms with van der Waals surface area (Å²) in [4.78, 5) is 35.8. The number of carbonyl (C=O) groups excluding carboxylic acids is 2. The molecule has 0 saturated carbocycles. The predicted octanol–water partition coefficient (Wildman–Crippen LogP) is 1.70. The number of anilines is 1. The third-order valence-corrected chi connectivity index (χ3v) is 6.63. The smallest absolute Gasteiger partial charge is 0.271 e. The zero-order valence-electron chi connectivity index (χ0n) is 16.1. The number of non-ortho nitro benzene ring substituents is 1. The number of sulfonamides is 1. The minimum atomic E-state index is -3.83. The van der Waals surface area contributed by atoms with E-state index in [1.807, 2.05) is 0 Å². The number of amides is 2. The summed E-state index contributed by atoms with van der Waals surface area (Å²) in [6.45, 7) is 2.40. The average Bonchev–Trinajstić information content (AvgIpc) is 2.74. The van der Waals surface area contributed by atoms with E-state index in [2.05, 4.69) is 5.32 Å². The molecule has 1 aliphatic rings. The first-order chi connectivity index (χ1) is 14.2. The van der Waals surface area contributed by atoms with Crippen molar-refractivity contribution in [3.8, 4) is 0 Å². The van der Waals surface area contributed by atoms with E-state index >= 15 is 0 Å². The molecule has 2 aromatic carbocycles. The lowest BCUT2D eigenvalue weighted by molar-refractivity contribution is -0.384. The minimum Gasteiger partial charge on any atom is -0.340 e. The SMILES string of the molecule is CC(=O)N1CCN(S(=O)(=O)c2cccc(C(=O)Nc3cccc([N+](=O)[O-])c3)c2)CC1. The molecule has 1 saturated heterocycles. The molecule has 10 nitrogen and oxygen atoms in total. The summed E-state index contributed by atoms with van der Waals surface area (Å²) in [5.74, 6) is -0.694. The van der Waals surface area contributed by atoms with Crippen molar-refractivity contribution in [3.05, 3.63) is 64.2 Å². The fraction of sp³-hybridized carbons (Fsp3) is 0.263. The molecule has 3 rings (SSSR count). The maximum Gasteiger partial charge on any atom is 0.271 e. The lowest BCUT2D eigenvalue weighted by Crippen LogP contribution is -2.49. The zero-order chi connectivity index (χ0) is 21.9. The van der Waals surface area contributed by atoms with Gasteiger partial charge in [-0.2, -0.15) is 4.31 Å². The van der Waals surface area contributed by atoms with Crippen molar-refractivity contribution >= 4 is 33.2 Å². The first kappa shape index (κ1) is 21.4. The molecule has 2 aromatic rings. The van der Waals surface area contributed by atoms with Crippen LogP contribution >= 0.6 is 0 Å². The molecule has 1 fully saturated rings. The van der Waals surface area contributed by atoms with Crippen LogP contribution in [0.1, 0.15) is 17.3 Å². The van der Waals surface area contributed by atoms with Gasteiger partial charge in [-0.05, 0) is 24.3 Å². The topological polar surface area (TPSA) is 130 Å². The highest BCUT2D eigenvalue weighted by Crippen LogP contribution is 2.21. The zero-order valence-corrected chi connectivity index (χ0v) is 17.0. The van der Waals surface area contributed by atoms with Gasteiger partial charge in [0.25, 0.3) is 11.6 Å². The molecular formula is C19H20N4O6S. The van der Waals surface area contributed by atoms with Crippen LogP contribution in [0.15, 0.2) is 53.4 Å². The second kappa shape index (κ2) is 8.59. The number of piperazine rings is 1. The van der Waals surface area contributed by atoms with Crippen LogP contribution < -0.4 is 5.32 Å². The Morgan fingerprint density at radius 2 is 1.70 bits per heavy atom. The average molecular weight is 432 g/mol. The van der Waals surface area contributed by atoms with Gasteiger partial charge >= 0.3 is 0 Å². The van der Waals surface area contributed by atoms with Crippen molar-refractivity contribution in [1.82, 2.24) is 9.21 Å². The number of carbonyl (C=O) groups is 2. The summed E-state index contributed by atoms with van der Waals surface area (Å²) in [6.07, 6.45) is 0. The van der Waals surface area contributed by atoms with Gasteiger partial charge in [-0.1, -0.05) is 12.1 Å². The van der Waals surface area contributed by atoms with E-state index in [0.717, 1.165) is 0 Å². The maximum atomic E-state index is 12.9. The van der Waals surface area contributed by atoms with E-state index < -0.39 is 20.9 Å². The van der Waals surface area contributed by atoms with Crippen molar-refractivity contribution in [2.45, 2.75) is 11.8 Å². The van der Waals surface area contributed by atoms with Crippen LogP contribution in [-0.4, -0.2) is 60.5 Å². The Labute approximate surface area is 173 Å². The molecule has 11 heteroatoms. The fourth-order valence-corrected chi connectivity index (χ4v) is 4.56. The summed E-state index contributed by atoms with van der Waals surface area (Å²) < 4.78 is 27.1. The predicted molar refractivity (Wildman–Crippen MR) is 109 cm³/mol. The van der Waals surface area contributed by atoms with Gasteiger partial charge in [0.1, 0.15) is 0 Å². The molecule has 30 heavy (non-hydrogen) atoms. The first-order valence-electron chi connectivity index (χ1n) is 9.10. The van der Waals surface area contributed by atoms with Gasteiger partial charge in [0.05, 0.1) is 9.82 Å². The van der Waals surface area contributed by atoms with Crippen molar-refractivity contribution in [1.29, 1.82) is 0 Å². The van der Waals surface area contributed by atoms with Gasteiger partial charge in [-0.15, -0.1) is 0 Å². The van der Waals surface area contributed by atoms with Gasteiger partial charge < -0.3 is 10.2 Å². The highest BCUT2D eigenvalue weighted by molar-refractivity contribution is 7.89. The summed E-state index contributed by atoms with van der Waals surface area (Å²) in [6, 6.07) is 11.0. The largest absolute Gasteiger partial charge is 0.340 e. The minimum absolute atomic E-state index is 0.0366. The molecule has 1 aliphatic heterocycles. The number of hydrogen-bond donors (Lipinski definition) is 1. The molecule has 0 bridgehead atoms. The summed E-state index contributed by atoms with van der Waals surface area (Å²) >= 11 is 0. The molecule has 1 heterocycles. The van der Waals surface area contributed by atoms with E-state index in [1.54, 1.807) is 4.90 Å². The van der Waals surface area contributed by atoms with Crippen LogP contribution in [0.4, 0.5) is 11.4 Å². The molecule has 0 spiro atoms. The summed E-state index contributed by atoms with van der Waals surface area (Å²) in [5, 5.41) is 13.4. The van der Waals surface area contributed by atoms with Gasteiger partial charge in [-0.25, -0.2) is 8.42 Å². The molecule has 1 N–H and O–H groups in total. The van der Waals surface area contributed by atoms with E-state index in [9.17, 15) is 28.1 Å². The van der Waals surface area contributed by atoms with Crippen molar-refractivity contribution in [2.75, 3.05) is 31.5 Å².